The summed E-state index contributed by atoms with van der Waals surface area (Å²) >= 11 is 0. The van der Waals surface area contributed by atoms with E-state index < -0.39 is 0 Å². The van der Waals surface area contributed by atoms with E-state index in [-0.39, 0.29) is 5.91 Å². The molecule has 1 saturated heterocycles. The Hall–Kier alpha value is -1.84. The van der Waals surface area contributed by atoms with Crippen molar-refractivity contribution < 1.29 is 4.79 Å². The van der Waals surface area contributed by atoms with Crippen molar-refractivity contribution in [1.82, 2.24) is 14.7 Å². The van der Waals surface area contributed by atoms with Crippen LogP contribution in [0.2, 0.25) is 0 Å². The molecule has 2 heterocycles. The van der Waals surface area contributed by atoms with Crippen molar-refractivity contribution in [1.29, 1.82) is 0 Å². The van der Waals surface area contributed by atoms with Gasteiger partial charge in [-0.15, -0.1) is 0 Å². The van der Waals surface area contributed by atoms with Gasteiger partial charge in [0.25, 0.3) is 0 Å². The van der Waals surface area contributed by atoms with Crippen molar-refractivity contribution in [2.24, 2.45) is 0 Å². The number of amides is 1. The molecule has 17 heavy (non-hydrogen) atoms. The average Bonchev–Trinajstić information content (AvgIpc) is 2.98. The topological polar surface area (TPSA) is 38.1 Å². The lowest BCUT2D eigenvalue weighted by Crippen LogP contribution is -2.31. The van der Waals surface area contributed by atoms with Crippen LogP contribution in [-0.2, 0) is 11.3 Å². The molecule has 1 aromatic carbocycles. The van der Waals surface area contributed by atoms with E-state index in [4.69, 9.17) is 0 Å². The SMILES string of the molecule is O=C(Cn1ncc2ccccc21)N1CCCC1. The fraction of sp³-hybridized carbons (Fsp3) is 0.385. The van der Waals surface area contributed by atoms with Gasteiger partial charge in [-0.05, 0) is 18.9 Å². The van der Waals surface area contributed by atoms with Crippen molar-refractivity contribution in [2.45, 2.75) is 19.4 Å². The zero-order chi connectivity index (χ0) is 11.7. The third-order valence-corrected chi connectivity index (χ3v) is 3.29. The molecule has 0 atom stereocenters. The lowest BCUT2D eigenvalue weighted by Gasteiger charge is -2.15. The Balaban J connectivity index is 1.82. The number of fused-ring (bicyclic) bond motifs is 1. The molecule has 4 heteroatoms. The highest BCUT2D eigenvalue weighted by Gasteiger charge is 2.18. The zero-order valence-corrected chi connectivity index (χ0v) is 9.67. The molecule has 0 aliphatic carbocycles. The average molecular weight is 229 g/mol. The lowest BCUT2D eigenvalue weighted by atomic mass is 10.2. The maximum Gasteiger partial charge on any atom is 0.244 e. The molecule has 0 spiro atoms. The van der Waals surface area contributed by atoms with Crippen LogP contribution in [0.5, 0.6) is 0 Å². The van der Waals surface area contributed by atoms with Gasteiger partial charge in [-0.25, -0.2) is 0 Å². The predicted octanol–water partition coefficient (Wildman–Crippen LogP) is 1.66. The molecule has 1 fully saturated rings. The Bertz CT molecular complexity index is 540. The molecule has 1 aliphatic heterocycles. The van der Waals surface area contributed by atoms with E-state index in [1.54, 1.807) is 4.68 Å². The zero-order valence-electron chi connectivity index (χ0n) is 9.67. The van der Waals surface area contributed by atoms with Crippen LogP contribution in [0.3, 0.4) is 0 Å². The Morgan fingerprint density at radius 1 is 1.24 bits per heavy atom. The maximum atomic E-state index is 12.0. The largest absolute Gasteiger partial charge is 0.341 e. The van der Waals surface area contributed by atoms with Crippen molar-refractivity contribution >= 4 is 16.8 Å². The van der Waals surface area contributed by atoms with Gasteiger partial charge in [0.05, 0.1) is 11.7 Å². The van der Waals surface area contributed by atoms with E-state index in [0.29, 0.717) is 6.54 Å². The first kappa shape index (κ1) is 10.3. The summed E-state index contributed by atoms with van der Waals surface area (Å²) in [6.07, 6.45) is 4.07. The van der Waals surface area contributed by atoms with Crippen LogP contribution in [-0.4, -0.2) is 33.7 Å². The summed E-state index contributed by atoms with van der Waals surface area (Å²) in [5, 5.41) is 5.36. The summed E-state index contributed by atoms with van der Waals surface area (Å²) in [6.45, 7) is 2.16. The minimum atomic E-state index is 0.177. The Morgan fingerprint density at radius 3 is 2.82 bits per heavy atom. The maximum absolute atomic E-state index is 12.0. The minimum Gasteiger partial charge on any atom is -0.341 e. The summed E-state index contributed by atoms with van der Waals surface area (Å²) < 4.78 is 1.79. The second kappa shape index (κ2) is 4.20. The third kappa shape index (κ3) is 1.90. The standard InChI is InChI=1S/C13H15N3O/c17-13(15-7-3-4-8-15)10-16-12-6-2-1-5-11(12)9-14-16/h1-2,5-6,9H,3-4,7-8,10H2. The van der Waals surface area contributed by atoms with Gasteiger partial charge in [-0.3, -0.25) is 9.48 Å². The molecule has 1 amide bonds. The quantitative estimate of drug-likeness (QED) is 0.785. The molecule has 88 valence electrons. The first-order valence-corrected chi connectivity index (χ1v) is 6.03. The van der Waals surface area contributed by atoms with E-state index in [0.717, 1.165) is 36.8 Å². The molecule has 0 unspecified atom stereocenters. The molecule has 3 rings (SSSR count). The Labute approximate surface area is 99.8 Å². The van der Waals surface area contributed by atoms with Gasteiger partial charge in [0, 0.05) is 18.5 Å². The summed E-state index contributed by atoms with van der Waals surface area (Å²) in [5.74, 6) is 0.177. The van der Waals surface area contributed by atoms with Gasteiger partial charge in [0.15, 0.2) is 0 Å². The first-order valence-electron chi connectivity index (χ1n) is 6.03. The number of hydrogen-bond acceptors (Lipinski definition) is 2. The van der Waals surface area contributed by atoms with Crippen LogP contribution in [0.1, 0.15) is 12.8 Å². The second-order valence-corrected chi connectivity index (χ2v) is 4.45. The Kier molecular flexibility index (Phi) is 2.55. The minimum absolute atomic E-state index is 0.177. The van der Waals surface area contributed by atoms with E-state index in [2.05, 4.69) is 5.10 Å². The van der Waals surface area contributed by atoms with Gasteiger partial charge in [-0.1, -0.05) is 18.2 Å². The Morgan fingerprint density at radius 2 is 2.00 bits per heavy atom. The van der Waals surface area contributed by atoms with Crippen LogP contribution in [0, 0.1) is 0 Å². The van der Waals surface area contributed by atoms with Crippen molar-refractivity contribution in [3.63, 3.8) is 0 Å². The molecule has 4 nitrogen and oxygen atoms in total. The summed E-state index contributed by atoms with van der Waals surface area (Å²) in [6, 6.07) is 7.97. The van der Waals surface area contributed by atoms with Gasteiger partial charge >= 0.3 is 0 Å². The number of para-hydroxylation sites is 1. The molecule has 0 N–H and O–H groups in total. The highest BCUT2D eigenvalue weighted by molar-refractivity contribution is 5.82. The molecular weight excluding hydrogens is 214 g/mol. The number of benzene rings is 1. The number of likely N-dealkylation sites (tertiary alicyclic amines) is 1. The predicted molar refractivity (Wildman–Crippen MR) is 65.5 cm³/mol. The van der Waals surface area contributed by atoms with Gasteiger partial charge in [0.1, 0.15) is 6.54 Å². The van der Waals surface area contributed by atoms with E-state index in [1.807, 2.05) is 35.4 Å². The number of carbonyl (C=O) groups excluding carboxylic acids is 1. The van der Waals surface area contributed by atoms with Gasteiger partial charge in [0.2, 0.25) is 5.91 Å². The van der Waals surface area contributed by atoms with Crippen LogP contribution in [0.25, 0.3) is 10.9 Å². The van der Waals surface area contributed by atoms with Crippen LogP contribution >= 0.6 is 0 Å². The van der Waals surface area contributed by atoms with E-state index in [9.17, 15) is 4.79 Å². The van der Waals surface area contributed by atoms with Gasteiger partial charge < -0.3 is 4.90 Å². The monoisotopic (exact) mass is 229 g/mol. The van der Waals surface area contributed by atoms with Crippen molar-refractivity contribution in [3.8, 4) is 0 Å². The van der Waals surface area contributed by atoms with Crippen LogP contribution in [0.4, 0.5) is 0 Å². The van der Waals surface area contributed by atoms with E-state index in [1.165, 1.54) is 0 Å². The molecule has 0 radical (unpaired) electrons. The fourth-order valence-electron chi connectivity index (χ4n) is 2.35. The smallest absolute Gasteiger partial charge is 0.244 e. The summed E-state index contributed by atoms with van der Waals surface area (Å²) in [5.41, 5.74) is 1.03. The highest BCUT2D eigenvalue weighted by Crippen LogP contribution is 2.14. The third-order valence-electron chi connectivity index (χ3n) is 3.29. The first-order chi connectivity index (χ1) is 8.34. The van der Waals surface area contributed by atoms with Crippen molar-refractivity contribution in [3.05, 3.63) is 30.5 Å². The fourth-order valence-corrected chi connectivity index (χ4v) is 2.35. The number of hydrogen-bond donors (Lipinski definition) is 0. The molecular formula is C13H15N3O. The highest BCUT2D eigenvalue weighted by atomic mass is 16.2. The van der Waals surface area contributed by atoms with E-state index >= 15 is 0 Å². The molecule has 1 aromatic heterocycles. The number of nitrogens with zero attached hydrogens (tertiary/aromatic N) is 3. The summed E-state index contributed by atoms with van der Waals surface area (Å²) in [7, 11) is 0. The number of aromatic nitrogens is 2. The lowest BCUT2D eigenvalue weighted by molar-refractivity contribution is -0.130. The number of rotatable bonds is 2. The van der Waals surface area contributed by atoms with Crippen LogP contribution < -0.4 is 0 Å². The molecule has 0 saturated carbocycles. The van der Waals surface area contributed by atoms with Gasteiger partial charge in [-0.2, -0.15) is 5.10 Å². The summed E-state index contributed by atoms with van der Waals surface area (Å²) in [4.78, 5) is 13.9. The molecule has 2 aromatic rings. The molecule has 0 bridgehead atoms. The normalized spacial score (nSPS) is 15.6. The van der Waals surface area contributed by atoms with Crippen molar-refractivity contribution in [2.75, 3.05) is 13.1 Å². The molecule has 1 aliphatic rings. The number of carbonyl (C=O) groups is 1. The second-order valence-electron chi connectivity index (χ2n) is 4.45. The van der Waals surface area contributed by atoms with Crippen LogP contribution in [0.15, 0.2) is 30.5 Å².